The Labute approximate surface area is 233 Å². The van der Waals surface area contributed by atoms with Gasteiger partial charge in [0.25, 0.3) is 5.91 Å². The number of hydrogen-bond donors (Lipinski definition) is 1. The fourth-order valence-corrected chi connectivity index (χ4v) is 7.35. The van der Waals surface area contributed by atoms with Gasteiger partial charge in [0.1, 0.15) is 6.04 Å². The third-order valence-corrected chi connectivity index (χ3v) is 9.37. The summed E-state index contributed by atoms with van der Waals surface area (Å²) in [5.74, 6) is -0.734. The standard InChI is InChI=1S/C31H34N6O3/c1-34-19-31(10-12-36(13-11-31)16-20-4-3-5-21(14-20)22-15-32-35(2)17-22)25-7-6-23-24(28(25)34)18-37(30(23)40)26-8-9-27(38)33-29(26)39/h3-7,14-15,17,26H,8-13,16,18-19H2,1-2H3,(H,33,38,39). The van der Waals surface area contributed by atoms with Crippen LogP contribution in [0.5, 0.6) is 0 Å². The molecule has 9 nitrogen and oxygen atoms in total. The van der Waals surface area contributed by atoms with E-state index in [0.717, 1.165) is 50.1 Å². The molecule has 7 rings (SSSR count). The van der Waals surface area contributed by atoms with E-state index >= 15 is 0 Å². The second-order valence-electron chi connectivity index (χ2n) is 11.9. The number of aromatic nitrogens is 2. The van der Waals surface area contributed by atoms with Crippen molar-refractivity contribution in [1.82, 2.24) is 24.9 Å². The van der Waals surface area contributed by atoms with Crippen molar-refractivity contribution in [3.8, 4) is 11.1 Å². The highest BCUT2D eigenvalue weighted by Gasteiger charge is 2.48. The lowest BCUT2D eigenvalue weighted by atomic mass is 9.73. The molecule has 40 heavy (non-hydrogen) atoms. The van der Waals surface area contributed by atoms with E-state index in [1.54, 1.807) is 4.90 Å². The molecule has 5 heterocycles. The number of fused-ring (bicyclic) bond motifs is 4. The molecule has 9 heteroatoms. The number of anilines is 1. The topological polar surface area (TPSA) is 90.8 Å². The van der Waals surface area contributed by atoms with Crippen molar-refractivity contribution in [3.63, 3.8) is 0 Å². The van der Waals surface area contributed by atoms with E-state index in [1.807, 2.05) is 30.2 Å². The van der Waals surface area contributed by atoms with Crippen molar-refractivity contribution < 1.29 is 14.4 Å². The van der Waals surface area contributed by atoms with Crippen LogP contribution in [0.1, 0.15) is 52.7 Å². The number of carbonyl (C=O) groups excluding carboxylic acids is 3. The number of carbonyl (C=O) groups is 3. The normalized spacial score (nSPS) is 22.1. The van der Waals surface area contributed by atoms with Crippen LogP contribution in [0.2, 0.25) is 0 Å². The Balaban J connectivity index is 1.08. The zero-order chi connectivity index (χ0) is 27.6. The summed E-state index contributed by atoms with van der Waals surface area (Å²) < 4.78 is 1.83. The number of hydrogen-bond acceptors (Lipinski definition) is 6. The van der Waals surface area contributed by atoms with Gasteiger partial charge in [0.05, 0.1) is 6.20 Å². The number of piperidine rings is 2. The zero-order valence-corrected chi connectivity index (χ0v) is 23.0. The van der Waals surface area contributed by atoms with Crippen LogP contribution in [0, 0.1) is 0 Å². The van der Waals surface area contributed by atoms with Crippen molar-refractivity contribution in [1.29, 1.82) is 0 Å². The molecule has 0 aliphatic carbocycles. The van der Waals surface area contributed by atoms with E-state index in [2.05, 4.69) is 57.6 Å². The first kappa shape index (κ1) is 25.0. The molecule has 0 radical (unpaired) electrons. The molecular formula is C31H34N6O3. The fourth-order valence-electron chi connectivity index (χ4n) is 7.35. The number of nitrogens with zero attached hydrogens (tertiary/aromatic N) is 5. The maximum atomic E-state index is 13.4. The lowest BCUT2D eigenvalue weighted by molar-refractivity contribution is -0.136. The van der Waals surface area contributed by atoms with Gasteiger partial charge in [-0.1, -0.05) is 24.3 Å². The Bertz CT molecular complexity index is 1540. The number of rotatable bonds is 4. The van der Waals surface area contributed by atoms with Gasteiger partial charge in [-0.25, -0.2) is 0 Å². The van der Waals surface area contributed by atoms with Gasteiger partial charge in [0, 0.05) is 74.1 Å². The minimum atomic E-state index is -0.589. The molecule has 1 spiro atoms. The monoisotopic (exact) mass is 538 g/mol. The summed E-state index contributed by atoms with van der Waals surface area (Å²) in [6.45, 7) is 4.32. The van der Waals surface area contributed by atoms with Gasteiger partial charge in [0.15, 0.2) is 0 Å². The lowest BCUT2D eigenvalue weighted by Gasteiger charge is -2.40. The highest BCUT2D eigenvalue weighted by atomic mass is 16.2. The number of likely N-dealkylation sites (tertiary alicyclic amines) is 1. The van der Waals surface area contributed by atoms with Crippen LogP contribution in [-0.4, -0.2) is 70.0 Å². The van der Waals surface area contributed by atoms with Crippen molar-refractivity contribution in [2.24, 2.45) is 7.05 Å². The molecule has 1 N–H and O–H groups in total. The van der Waals surface area contributed by atoms with Crippen LogP contribution < -0.4 is 10.2 Å². The van der Waals surface area contributed by atoms with Crippen LogP contribution >= 0.6 is 0 Å². The molecule has 1 aromatic heterocycles. The smallest absolute Gasteiger partial charge is 0.255 e. The molecule has 1 atom stereocenters. The molecule has 2 aromatic carbocycles. The molecule has 0 saturated carbocycles. The minimum Gasteiger partial charge on any atom is -0.373 e. The van der Waals surface area contributed by atoms with Crippen LogP contribution in [0.3, 0.4) is 0 Å². The summed E-state index contributed by atoms with van der Waals surface area (Å²) in [6, 6.07) is 12.3. The second kappa shape index (κ2) is 9.30. The highest BCUT2D eigenvalue weighted by Crippen LogP contribution is 2.50. The van der Waals surface area contributed by atoms with Crippen molar-refractivity contribution in [2.75, 3.05) is 31.6 Å². The van der Waals surface area contributed by atoms with E-state index in [9.17, 15) is 14.4 Å². The third kappa shape index (κ3) is 4.02. The predicted molar refractivity (Wildman–Crippen MR) is 151 cm³/mol. The summed E-state index contributed by atoms with van der Waals surface area (Å²) >= 11 is 0. The van der Waals surface area contributed by atoms with Crippen LogP contribution in [0.25, 0.3) is 11.1 Å². The van der Waals surface area contributed by atoms with Gasteiger partial charge in [-0.2, -0.15) is 5.10 Å². The van der Waals surface area contributed by atoms with Crippen molar-refractivity contribution in [2.45, 2.75) is 50.2 Å². The van der Waals surface area contributed by atoms with Crippen LogP contribution in [0.15, 0.2) is 48.8 Å². The van der Waals surface area contributed by atoms with E-state index in [0.29, 0.717) is 18.5 Å². The van der Waals surface area contributed by atoms with Crippen molar-refractivity contribution in [3.05, 3.63) is 71.0 Å². The Hall–Kier alpha value is -3.98. The summed E-state index contributed by atoms with van der Waals surface area (Å²) in [4.78, 5) is 44.1. The van der Waals surface area contributed by atoms with Crippen molar-refractivity contribution >= 4 is 23.4 Å². The average Bonchev–Trinajstić information content (AvgIpc) is 3.60. The summed E-state index contributed by atoms with van der Waals surface area (Å²) in [7, 11) is 4.07. The van der Waals surface area contributed by atoms with Crippen LogP contribution in [-0.2, 0) is 35.1 Å². The third-order valence-electron chi connectivity index (χ3n) is 9.37. The van der Waals surface area contributed by atoms with E-state index < -0.39 is 6.04 Å². The Morgan fingerprint density at radius 2 is 1.88 bits per heavy atom. The number of likely N-dealkylation sites (N-methyl/N-ethyl adjacent to an activating group) is 1. The molecule has 4 aliphatic rings. The molecule has 1 unspecified atom stereocenters. The molecule has 206 valence electrons. The first-order valence-electron chi connectivity index (χ1n) is 14.1. The number of imide groups is 1. The molecule has 4 aliphatic heterocycles. The first-order valence-corrected chi connectivity index (χ1v) is 14.1. The van der Waals surface area contributed by atoms with E-state index in [-0.39, 0.29) is 29.6 Å². The first-order chi connectivity index (χ1) is 19.3. The average molecular weight is 539 g/mol. The largest absolute Gasteiger partial charge is 0.373 e. The zero-order valence-electron chi connectivity index (χ0n) is 23.0. The van der Waals surface area contributed by atoms with Gasteiger partial charge < -0.3 is 9.80 Å². The van der Waals surface area contributed by atoms with Gasteiger partial charge >= 0.3 is 0 Å². The minimum absolute atomic E-state index is 0.0677. The van der Waals surface area contributed by atoms with Gasteiger partial charge in [-0.15, -0.1) is 0 Å². The summed E-state index contributed by atoms with van der Waals surface area (Å²) in [5, 5.41) is 6.72. The van der Waals surface area contributed by atoms with Crippen LogP contribution in [0.4, 0.5) is 5.69 Å². The quantitative estimate of drug-likeness (QED) is 0.514. The number of benzene rings is 2. The SMILES string of the molecule is CN1CC2(CCN(Cc3cccc(-c4cnn(C)c4)c3)CC2)c2ccc3c(c21)CN(C1CCC(=O)NC1=O)C3=O. The molecule has 2 fully saturated rings. The van der Waals surface area contributed by atoms with E-state index in [4.69, 9.17) is 0 Å². The van der Waals surface area contributed by atoms with Gasteiger partial charge in [-0.05, 0) is 61.2 Å². The molecule has 2 saturated heterocycles. The number of aryl methyl sites for hydroxylation is 1. The fraction of sp³-hybridized carbons (Fsp3) is 0.419. The Morgan fingerprint density at radius 1 is 1.05 bits per heavy atom. The summed E-state index contributed by atoms with van der Waals surface area (Å²) in [5.41, 5.74) is 7.93. The predicted octanol–water partition coefficient (Wildman–Crippen LogP) is 2.83. The lowest BCUT2D eigenvalue weighted by Crippen LogP contribution is -2.52. The second-order valence-corrected chi connectivity index (χ2v) is 11.9. The Morgan fingerprint density at radius 3 is 2.62 bits per heavy atom. The molecule has 0 bridgehead atoms. The molecule has 3 amide bonds. The van der Waals surface area contributed by atoms with Gasteiger partial charge in [0.2, 0.25) is 11.8 Å². The molecular weight excluding hydrogens is 504 g/mol. The Kier molecular flexibility index (Phi) is 5.82. The van der Waals surface area contributed by atoms with Gasteiger partial charge in [-0.3, -0.25) is 29.3 Å². The maximum absolute atomic E-state index is 13.4. The highest BCUT2D eigenvalue weighted by molar-refractivity contribution is 6.06. The number of nitrogens with one attached hydrogen (secondary N) is 1. The maximum Gasteiger partial charge on any atom is 0.255 e. The summed E-state index contributed by atoms with van der Waals surface area (Å²) in [6.07, 6.45) is 6.74. The van der Waals surface area contributed by atoms with E-state index in [1.165, 1.54) is 22.4 Å². The molecule has 3 aromatic rings. The number of amides is 3.